The molecule has 0 aliphatic carbocycles. The molecular formula is C18H24N2O3S. The Morgan fingerprint density at radius 2 is 1.92 bits per heavy atom. The summed E-state index contributed by atoms with van der Waals surface area (Å²) in [5.41, 5.74) is 2.27. The number of nitrogens with one attached hydrogen (secondary N) is 1. The molecule has 0 saturated carbocycles. The maximum absolute atomic E-state index is 12.4. The topological polar surface area (TPSA) is 72.2 Å². The number of aryl methyl sites for hydroxylation is 1. The molecule has 1 amide bonds. The van der Waals surface area contributed by atoms with Gasteiger partial charge >= 0.3 is 0 Å². The van der Waals surface area contributed by atoms with E-state index in [1.54, 1.807) is 19.9 Å². The summed E-state index contributed by atoms with van der Waals surface area (Å²) in [4.78, 5) is 12.2. The predicted molar refractivity (Wildman–Crippen MR) is 96.3 cm³/mol. The summed E-state index contributed by atoms with van der Waals surface area (Å²) in [6.07, 6.45) is 0. The van der Waals surface area contributed by atoms with Crippen molar-refractivity contribution in [3.8, 4) is 0 Å². The third-order valence-corrected chi connectivity index (χ3v) is 5.39. The number of carbonyl (C=O) groups excluding carboxylic acids is 1. The van der Waals surface area contributed by atoms with Crippen LogP contribution in [0.25, 0.3) is 0 Å². The summed E-state index contributed by atoms with van der Waals surface area (Å²) in [5.74, 6) is 0.971. The fourth-order valence-electron chi connectivity index (χ4n) is 2.16. The van der Waals surface area contributed by atoms with E-state index in [-0.39, 0.29) is 11.3 Å². The third-order valence-electron chi connectivity index (χ3n) is 3.77. The molecule has 24 heavy (non-hydrogen) atoms. The highest BCUT2D eigenvalue weighted by Gasteiger charge is 2.21. The second kappa shape index (κ2) is 7.30. The van der Waals surface area contributed by atoms with Gasteiger partial charge < -0.3 is 9.84 Å². The smallest absolute Gasteiger partial charge is 0.241 e. The summed E-state index contributed by atoms with van der Waals surface area (Å²) in [6.45, 7) is 9.85. The van der Waals surface area contributed by atoms with Gasteiger partial charge in [0.1, 0.15) is 11.0 Å². The maximum atomic E-state index is 12.4. The van der Waals surface area contributed by atoms with E-state index in [9.17, 15) is 9.00 Å². The Labute approximate surface area is 145 Å². The molecule has 2 aromatic rings. The molecule has 130 valence electrons. The first-order chi connectivity index (χ1) is 11.2. The van der Waals surface area contributed by atoms with Crippen molar-refractivity contribution < 1.29 is 13.5 Å². The van der Waals surface area contributed by atoms with Crippen LogP contribution in [-0.4, -0.2) is 20.5 Å². The van der Waals surface area contributed by atoms with E-state index in [4.69, 9.17) is 4.52 Å². The van der Waals surface area contributed by atoms with Gasteiger partial charge in [0.15, 0.2) is 5.82 Å². The van der Waals surface area contributed by atoms with Crippen molar-refractivity contribution in [3.05, 3.63) is 47.2 Å². The summed E-state index contributed by atoms with van der Waals surface area (Å²) in [6, 6.07) is 9.68. The van der Waals surface area contributed by atoms with Crippen molar-refractivity contribution in [2.75, 3.05) is 5.32 Å². The van der Waals surface area contributed by atoms with E-state index < -0.39 is 16.0 Å². The molecule has 0 saturated heterocycles. The summed E-state index contributed by atoms with van der Waals surface area (Å²) < 4.78 is 17.3. The van der Waals surface area contributed by atoms with Crippen molar-refractivity contribution in [2.45, 2.75) is 51.0 Å². The minimum Gasteiger partial charge on any atom is -0.360 e. The zero-order valence-electron chi connectivity index (χ0n) is 14.8. The van der Waals surface area contributed by atoms with E-state index in [1.807, 2.05) is 12.1 Å². The first-order valence-electron chi connectivity index (χ1n) is 7.87. The average Bonchev–Trinajstić information content (AvgIpc) is 2.91. The summed E-state index contributed by atoms with van der Waals surface area (Å²) in [7, 11) is -1.31. The van der Waals surface area contributed by atoms with Gasteiger partial charge in [0.05, 0.1) is 0 Å². The second-order valence-electron chi connectivity index (χ2n) is 6.93. The molecule has 0 radical (unpaired) electrons. The van der Waals surface area contributed by atoms with Gasteiger partial charge in [0.2, 0.25) is 5.91 Å². The van der Waals surface area contributed by atoms with Gasteiger partial charge in [-0.15, -0.1) is 0 Å². The zero-order chi connectivity index (χ0) is 17.9. The SMILES string of the molecule is Cc1cc(NC(=O)[C@H](C)[S@](=O)Cc2ccc(C(C)(C)C)cc2)no1. The van der Waals surface area contributed by atoms with Crippen LogP contribution in [0.3, 0.4) is 0 Å². The van der Waals surface area contributed by atoms with Crippen LogP contribution in [0.15, 0.2) is 34.9 Å². The predicted octanol–water partition coefficient (Wildman–Crippen LogP) is 3.56. The average molecular weight is 348 g/mol. The third kappa shape index (κ3) is 4.77. The number of hydrogen-bond donors (Lipinski definition) is 1. The Kier molecular flexibility index (Phi) is 5.59. The van der Waals surface area contributed by atoms with Crippen LogP contribution in [0.2, 0.25) is 0 Å². The van der Waals surface area contributed by atoms with Crippen LogP contribution >= 0.6 is 0 Å². The van der Waals surface area contributed by atoms with Gasteiger partial charge in [-0.25, -0.2) is 0 Å². The highest BCUT2D eigenvalue weighted by Crippen LogP contribution is 2.22. The van der Waals surface area contributed by atoms with Gasteiger partial charge in [-0.1, -0.05) is 50.2 Å². The molecule has 5 nitrogen and oxygen atoms in total. The molecule has 0 aliphatic rings. The molecule has 2 rings (SSSR count). The number of aromatic nitrogens is 1. The molecule has 1 N–H and O–H groups in total. The van der Waals surface area contributed by atoms with E-state index in [2.05, 4.69) is 43.4 Å². The molecule has 1 aromatic carbocycles. The number of hydrogen-bond acceptors (Lipinski definition) is 4. The van der Waals surface area contributed by atoms with Crippen molar-refractivity contribution >= 4 is 22.5 Å². The molecule has 0 fully saturated rings. The quantitative estimate of drug-likeness (QED) is 0.897. The fourth-order valence-corrected chi connectivity index (χ4v) is 3.23. The number of carbonyl (C=O) groups is 1. The Morgan fingerprint density at radius 3 is 2.42 bits per heavy atom. The number of amides is 1. The Hall–Kier alpha value is -1.95. The molecule has 1 aromatic heterocycles. The fraction of sp³-hybridized carbons (Fsp3) is 0.444. The van der Waals surface area contributed by atoms with E-state index in [1.165, 1.54) is 5.56 Å². The normalized spacial score (nSPS) is 14.2. The summed E-state index contributed by atoms with van der Waals surface area (Å²) >= 11 is 0. The standard InChI is InChI=1S/C18H24N2O3S/c1-12-10-16(20-23-12)19-17(21)13(2)24(22)11-14-6-8-15(9-7-14)18(3,4)5/h6-10,13H,11H2,1-5H3,(H,19,20,21)/t13-,24+/m0/s1. The zero-order valence-corrected chi connectivity index (χ0v) is 15.6. The van der Waals surface area contributed by atoms with Crippen LogP contribution in [0, 0.1) is 6.92 Å². The lowest BCUT2D eigenvalue weighted by molar-refractivity contribution is -0.115. The molecule has 2 atom stereocenters. The van der Waals surface area contributed by atoms with E-state index in [0.717, 1.165) is 5.56 Å². The minimum atomic E-state index is -1.31. The van der Waals surface area contributed by atoms with Gasteiger partial charge in [0, 0.05) is 22.6 Å². The van der Waals surface area contributed by atoms with Crippen LogP contribution in [0.1, 0.15) is 44.6 Å². The maximum Gasteiger partial charge on any atom is 0.241 e. The van der Waals surface area contributed by atoms with Crippen molar-refractivity contribution in [1.29, 1.82) is 0 Å². The summed E-state index contributed by atoms with van der Waals surface area (Å²) in [5, 5.41) is 5.69. The Balaban J connectivity index is 1.97. The van der Waals surface area contributed by atoms with Crippen LogP contribution in [-0.2, 0) is 26.8 Å². The number of rotatable bonds is 5. The Morgan fingerprint density at radius 1 is 1.29 bits per heavy atom. The molecule has 0 bridgehead atoms. The molecule has 1 heterocycles. The van der Waals surface area contributed by atoms with Crippen LogP contribution in [0.5, 0.6) is 0 Å². The number of anilines is 1. The highest BCUT2D eigenvalue weighted by molar-refractivity contribution is 7.85. The Bertz CT molecular complexity index is 729. The first-order valence-corrected chi connectivity index (χ1v) is 9.26. The van der Waals surface area contributed by atoms with Gasteiger partial charge in [-0.2, -0.15) is 0 Å². The van der Waals surface area contributed by atoms with Crippen molar-refractivity contribution in [2.24, 2.45) is 0 Å². The van der Waals surface area contributed by atoms with Gasteiger partial charge in [-0.3, -0.25) is 9.00 Å². The van der Waals surface area contributed by atoms with Crippen LogP contribution in [0.4, 0.5) is 5.82 Å². The lowest BCUT2D eigenvalue weighted by Crippen LogP contribution is -2.29. The first kappa shape index (κ1) is 18.4. The largest absolute Gasteiger partial charge is 0.360 e. The number of benzene rings is 1. The monoisotopic (exact) mass is 348 g/mol. The van der Waals surface area contributed by atoms with Crippen molar-refractivity contribution in [3.63, 3.8) is 0 Å². The molecule has 0 unspecified atom stereocenters. The molecule has 6 heteroatoms. The molecular weight excluding hydrogens is 324 g/mol. The highest BCUT2D eigenvalue weighted by atomic mass is 32.2. The van der Waals surface area contributed by atoms with Gasteiger partial charge in [-0.05, 0) is 30.4 Å². The minimum absolute atomic E-state index is 0.0839. The molecule has 0 spiro atoms. The van der Waals surface area contributed by atoms with E-state index >= 15 is 0 Å². The van der Waals surface area contributed by atoms with Gasteiger partial charge in [0.25, 0.3) is 0 Å². The lowest BCUT2D eigenvalue weighted by Gasteiger charge is -2.19. The van der Waals surface area contributed by atoms with Crippen molar-refractivity contribution in [1.82, 2.24) is 5.16 Å². The number of nitrogens with zero attached hydrogens (tertiary/aromatic N) is 1. The second-order valence-corrected chi connectivity index (χ2v) is 8.68. The molecule has 0 aliphatic heterocycles. The van der Waals surface area contributed by atoms with E-state index in [0.29, 0.717) is 17.3 Å². The van der Waals surface area contributed by atoms with Crippen LogP contribution < -0.4 is 5.32 Å². The lowest BCUT2D eigenvalue weighted by atomic mass is 9.87.